The molecule has 1 atom stereocenters. The van der Waals surface area contributed by atoms with Gasteiger partial charge in [-0.1, -0.05) is 11.2 Å². The van der Waals surface area contributed by atoms with Crippen LogP contribution in [0.2, 0.25) is 0 Å². The molecule has 1 N–H and O–H groups in total. The molecule has 4 heteroatoms. The van der Waals surface area contributed by atoms with Crippen molar-refractivity contribution in [2.24, 2.45) is 5.92 Å². The zero-order valence-corrected chi connectivity index (χ0v) is 10.2. The summed E-state index contributed by atoms with van der Waals surface area (Å²) in [5.74, 6) is -0.0750. The number of rotatable bonds is 4. The topological polar surface area (TPSA) is 63.3 Å². The third-order valence-electron chi connectivity index (χ3n) is 3.69. The van der Waals surface area contributed by atoms with Gasteiger partial charge in [0.05, 0.1) is 12.1 Å². The summed E-state index contributed by atoms with van der Waals surface area (Å²) in [6.07, 6.45) is 2.48. The van der Waals surface area contributed by atoms with Gasteiger partial charge in [0.25, 0.3) is 0 Å². The molecule has 0 bridgehead atoms. The molecule has 2 aromatic rings. The molecule has 3 rings (SSSR count). The number of aromatic nitrogens is 1. The van der Waals surface area contributed by atoms with Crippen molar-refractivity contribution in [3.8, 4) is 0 Å². The summed E-state index contributed by atoms with van der Waals surface area (Å²) in [5.41, 5.74) is 2.72. The summed E-state index contributed by atoms with van der Waals surface area (Å²) in [6.45, 7) is 1.90. The normalized spacial score (nSPS) is 16.9. The highest BCUT2D eigenvalue weighted by Crippen LogP contribution is 2.45. The first-order valence-corrected chi connectivity index (χ1v) is 6.23. The zero-order valence-electron chi connectivity index (χ0n) is 10.2. The summed E-state index contributed by atoms with van der Waals surface area (Å²) in [5, 5.41) is 13.9. The summed E-state index contributed by atoms with van der Waals surface area (Å²) in [4.78, 5) is 11.0. The SMILES string of the molecule is Cc1noc2ccc(C(CC(=O)O)C3CC3)cc12. The number of hydrogen-bond acceptors (Lipinski definition) is 3. The number of nitrogens with zero attached hydrogens (tertiary/aromatic N) is 1. The van der Waals surface area contributed by atoms with Crippen LogP contribution in [-0.2, 0) is 4.79 Å². The fraction of sp³-hybridized carbons (Fsp3) is 0.429. The van der Waals surface area contributed by atoms with Gasteiger partial charge in [-0.3, -0.25) is 4.79 Å². The summed E-state index contributed by atoms with van der Waals surface area (Å²) in [6, 6.07) is 5.90. The van der Waals surface area contributed by atoms with Crippen molar-refractivity contribution in [3.63, 3.8) is 0 Å². The van der Waals surface area contributed by atoms with Crippen molar-refractivity contribution in [1.82, 2.24) is 5.16 Å². The number of fused-ring (bicyclic) bond motifs is 1. The van der Waals surface area contributed by atoms with Gasteiger partial charge >= 0.3 is 5.97 Å². The average Bonchev–Trinajstić information content (AvgIpc) is 3.11. The molecule has 1 fully saturated rings. The number of aliphatic carboxylic acids is 1. The predicted molar refractivity (Wildman–Crippen MR) is 66.5 cm³/mol. The minimum absolute atomic E-state index is 0.126. The van der Waals surface area contributed by atoms with Gasteiger partial charge in [0, 0.05) is 5.39 Å². The minimum atomic E-state index is -0.728. The highest BCUT2D eigenvalue weighted by atomic mass is 16.5. The second-order valence-electron chi connectivity index (χ2n) is 5.07. The van der Waals surface area contributed by atoms with Gasteiger partial charge in [-0.05, 0) is 49.3 Å². The number of carboxylic acids is 1. The lowest BCUT2D eigenvalue weighted by molar-refractivity contribution is -0.137. The minimum Gasteiger partial charge on any atom is -0.481 e. The zero-order chi connectivity index (χ0) is 12.7. The standard InChI is InChI=1S/C14H15NO3/c1-8-11-6-10(4-5-13(11)18-15-8)12(7-14(16)17)9-2-3-9/h4-6,9,12H,2-3,7H2,1H3,(H,16,17). The van der Waals surface area contributed by atoms with Gasteiger partial charge in [-0.2, -0.15) is 0 Å². The molecular weight excluding hydrogens is 230 g/mol. The van der Waals surface area contributed by atoms with Crippen molar-refractivity contribution in [1.29, 1.82) is 0 Å². The van der Waals surface area contributed by atoms with E-state index >= 15 is 0 Å². The molecule has 0 saturated heterocycles. The van der Waals surface area contributed by atoms with E-state index in [4.69, 9.17) is 9.63 Å². The fourth-order valence-electron chi connectivity index (χ4n) is 2.55. The Morgan fingerprint density at radius 2 is 2.33 bits per heavy atom. The predicted octanol–water partition coefficient (Wildman–Crippen LogP) is 3.10. The van der Waals surface area contributed by atoms with Crippen LogP contribution < -0.4 is 0 Å². The molecule has 0 aliphatic heterocycles. The lowest BCUT2D eigenvalue weighted by atomic mass is 9.90. The Bertz CT molecular complexity index is 598. The molecule has 18 heavy (non-hydrogen) atoms. The second kappa shape index (κ2) is 4.12. The summed E-state index contributed by atoms with van der Waals surface area (Å²) in [7, 11) is 0. The monoisotopic (exact) mass is 245 g/mol. The van der Waals surface area contributed by atoms with Crippen molar-refractivity contribution < 1.29 is 14.4 Å². The lowest BCUT2D eigenvalue weighted by Gasteiger charge is -2.14. The van der Waals surface area contributed by atoms with Gasteiger partial charge in [0.1, 0.15) is 0 Å². The molecule has 1 aromatic carbocycles. The molecule has 1 aromatic heterocycles. The molecule has 1 saturated carbocycles. The Hall–Kier alpha value is -1.84. The Morgan fingerprint density at radius 3 is 3.00 bits per heavy atom. The maximum Gasteiger partial charge on any atom is 0.303 e. The molecule has 4 nitrogen and oxygen atoms in total. The molecule has 1 unspecified atom stereocenters. The maximum atomic E-state index is 11.0. The Kier molecular flexibility index (Phi) is 2.58. The van der Waals surface area contributed by atoms with Crippen LogP contribution in [0.1, 0.15) is 36.4 Å². The number of aryl methyl sites for hydroxylation is 1. The second-order valence-corrected chi connectivity index (χ2v) is 5.07. The molecule has 0 spiro atoms. The van der Waals surface area contributed by atoms with E-state index in [0.717, 1.165) is 35.1 Å². The number of carboxylic acid groups (broad SMARTS) is 1. The van der Waals surface area contributed by atoms with E-state index in [0.29, 0.717) is 5.92 Å². The first-order valence-electron chi connectivity index (χ1n) is 6.23. The van der Waals surface area contributed by atoms with E-state index in [1.807, 2.05) is 25.1 Å². The largest absolute Gasteiger partial charge is 0.481 e. The molecule has 1 aliphatic carbocycles. The van der Waals surface area contributed by atoms with Crippen LogP contribution in [-0.4, -0.2) is 16.2 Å². The lowest BCUT2D eigenvalue weighted by Crippen LogP contribution is -2.08. The Morgan fingerprint density at radius 1 is 1.56 bits per heavy atom. The summed E-state index contributed by atoms with van der Waals surface area (Å²) < 4.78 is 5.17. The number of benzene rings is 1. The quantitative estimate of drug-likeness (QED) is 0.898. The smallest absolute Gasteiger partial charge is 0.303 e. The van der Waals surface area contributed by atoms with E-state index in [1.54, 1.807) is 0 Å². The van der Waals surface area contributed by atoms with Gasteiger partial charge in [0.2, 0.25) is 0 Å². The highest BCUT2D eigenvalue weighted by Gasteiger charge is 2.33. The fourth-order valence-corrected chi connectivity index (χ4v) is 2.55. The highest BCUT2D eigenvalue weighted by molar-refractivity contribution is 5.80. The van der Waals surface area contributed by atoms with Gasteiger partial charge in [-0.15, -0.1) is 0 Å². The van der Waals surface area contributed by atoms with Gasteiger partial charge < -0.3 is 9.63 Å². The Balaban J connectivity index is 2.00. The summed E-state index contributed by atoms with van der Waals surface area (Å²) >= 11 is 0. The van der Waals surface area contributed by atoms with Gasteiger partial charge in [-0.25, -0.2) is 0 Å². The first-order chi connectivity index (χ1) is 8.65. The van der Waals surface area contributed by atoms with E-state index in [2.05, 4.69) is 5.16 Å². The molecule has 0 amide bonds. The van der Waals surface area contributed by atoms with Crippen LogP contribution in [0.4, 0.5) is 0 Å². The van der Waals surface area contributed by atoms with Crippen molar-refractivity contribution in [2.75, 3.05) is 0 Å². The maximum absolute atomic E-state index is 11.0. The number of hydrogen-bond donors (Lipinski definition) is 1. The van der Waals surface area contributed by atoms with E-state index < -0.39 is 5.97 Å². The van der Waals surface area contributed by atoms with E-state index in [1.165, 1.54) is 0 Å². The molecule has 0 radical (unpaired) electrons. The third-order valence-corrected chi connectivity index (χ3v) is 3.69. The van der Waals surface area contributed by atoms with Crippen molar-refractivity contribution in [2.45, 2.75) is 32.1 Å². The molecule has 1 heterocycles. The van der Waals surface area contributed by atoms with Crippen LogP contribution >= 0.6 is 0 Å². The van der Waals surface area contributed by atoms with Crippen LogP contribution in [0, 0.1) is 12.8 Å². The third kappa shape index (κ3) is 1.98. The molecular formula is C14H15NO3. The van der Waals surface area contributed by atoms with E-state index in [-0.39, 0.29) is 12.3 Å². The van der Waals surface area contributed by atoms with Crippen LogP contribution in [0.3, 0.4) is 0 Å². The average molecular weight is 245 g/mol. The van der Waals surface area contributed by atoms with E-state index in [9.17, 15) is 4.79 Å². The van der Waals surface area contributed by atoms with Crippen LogP contribution in [0.15, 0.2) is 22.7 Å². The van der Waals surface area contributed by atoms with Crippen LogP contribution in [0.5, 0.6) is 0 Å². The number of carbonyl (C=O) groups is 1. The van der Waals surface area contributed by atoms with Crippen molar-refractivity contribution >= 4 is 16.9 Å². The van der Waals surface area contributed by atoms with Gasteiger partial charge in [0.15, 0.2) is 5.58 Å². The van der Waals surface area contributed by atoms with Crippen molar-refractivity contribution in [3.05, 3.63) is 29.5 Å². The molecule has 1 aliphatic rings. The van der Waals surface area contributed by atoms with Crippen LogP contribution in [0.25, 0.3) is 11.0 Å². The first kappa shape index (κ1) is 11.3. The molecule has 94 valence electrons. The Labute approximate surface area is 105 Å².